The number of rotatable bonds is 6. The Morgan fingerprint density at radius 2 is 0.681 bits per heavy atom. The first-order valence-corrected chi connectivity index (χ1v) is 31.6. The molecule has 0 unspecified atom stereocenters. The second kappa shape index (κ2) is 32.4. The van der Waals surface area contributed by atoms with E-state index in [1.807, 2.05) is 0 Å². The van der Waals surface area contributed by atoms with E-state index >= 15 is 0 Å². The number of fused-ring (bicyclic) bond motifs is 4. The lowest BCUT2D eigenvalue weighted by atomic mass is 9.97. The number of methoxy groups -OCH3 is 2. The monoisotopic (exact) mass is 1380 g/mol. The highest BCUT2D eigenvalue weighted by Crippen LogP contribution is 2.61. The van der Waals surface area contributed by atoms with Gasteiger partial charge in [-0.3, -0.25) is 42.9 Å². The molecule has 0 amide bonds. The molecule has 5 N–H and O–H groups in total. The summed E-state index contributed by atoms with van der Waals surface area (Å²) < 4.78 is 41.4. The molecule has 25 nitrogen and oxygen atoms in total. The minimum absolute atomic E-state index is 0. The zero-order valence-corrected chi connectivity index (χ0v) is 56.7. The lowest BCUT2D eigenvalue weighted by molar-refractivity contribution is -0.145. The number of H-pyrrole nitrogens is 3. The number of hydrogen-bond donors (Lipinski definition) is 5. The van der Waals surface area contributed by atoms with Gasteiger partial charge in [-0.15, -0.1) is 0 Å². The summed E-state index contributed by atoms with van der Waals surface area (Å²) in [4.78, 5) is 121. The third kappa shape index (κ3) is 24.7. The number of esters is 4. The Labute approximate surface area is 547 Å². The molecule has 0 saturated carbocycles. The van der Waals surface area contributed by atoms with Gasteiger partial charge in [0, 0.05) is 35.1 Å². The molecule has 0 bridgehead atoms. The van der Waals surface area contributed by atoms with Crippen LogP contribution in [0.15, 0.2) is 88.2 Å². The number of aromatic amines is 3. The SMILES string of the molecule is C.CC(C)(C)C(=O)Cl.CC(C)(C)C(=O)Oc1cc2nc[nH]c(=O)c2cc1OC(=O)C(C)(C)C.CC(C)(C)C(=O)Oc1cc2ncnc(Cl)c2cc1OC(=O)C(C)(C)C.COc1cc2nc[nH]c(=O)c2cc1OC.O=P(Cl)(Cl)Cl.O=c1[nH]cnc2cc(O)c(O)cc12. The Morgan fingerprint density at radius 1 is 0.429 bits per heavy atom. The van der Waals surface area contributed by atoms with Crippen molar-refractivity contribution in [3.8, 4) is 46.0 Å². The van der Waals surface area contributed by atoms with E-state index in [1.165, 1.54) is 75.9 Å². The van der Waals surface area contributed by atoms with Gasteiger partial charge < -0.3 is 53.6 Å². The summed E-state index contributed by atoms with van der Waals surface area (Å²) in [6.07, 6.45) is 5.15. The van der Waals surface area contributed by atoms with Crippen LogP contribution in [-0.4, -0.2) is 93.4 Å². The largest absolute Gasteiger partial charge is 0.504 e. The molecular formula is C60H72Cl5N8O17P. The molecule has 0 aliphatic rings. The van der Waals surface area contributed by atoms with E-state index in [-0.39, 0.29) is 85.2 Å². The van der Waals surface area contributed by atoms with Crippen molar-refractivity contribution in [3.05, 3.63) is 110 Å². The summed E-state index contributed by atoms with van der Waals surface area (Å²) in [6, 6.07) is 11.5. The number of carbonyl (C=O) groups excluding carboxylic acids is 5. The number of benzene rings is 4. The normalized spacial score (nSPS) is 11.4. The number of aromatic nitrogens is 8. The molecule has 0 spiro atoms. The first-order chi connectivity index (χ1) is 41.2. The van der Waals surface area contributed by atoms with E-state index in [2.05, 4.69) is 73.6 Å². The molecule has 91 heavy (non-hydrogen) atoms. The van der Waals surface area contributed by atoms with Crippen molar-refractivity contribution in [2.75, 3.05) is 14.2 Å². The van der Waals surface area contributed by atoms with Crippen molar-refractivity contribution < 1.29 is 67.2 Å². The summed E-state index contributed by atoms with van der Waals surface area (Å²) in [5, 5.41) is 16.4. The van der Waals surface area contributed by atoms with Crippen LogP contribution in [0.3, 0.4) is 0 Å². The zero-order valence-electron chi connectivity index (χ0n) is 52.0. The molecule has 31 heteroatoms. The number of aromatic hydroxyl groups is 2. The van der Waals surface area contributed by atoms with E-state index in [0.717, 1.165) is 0 Å². The first kappa shape index (κ1) is 79.2. The van der Waals surface area contributed by atoms with E-state index in [0.29, 0.717) is 44.3 Å². The van der Waals surface area contributed by atoms with Crippen molar-refractivity contribution in [1.82, 2.24) is 39.9 Å². The third-order valence-corrected chi connectivity index (χ3v) is 12.0. The summed E-state index contributed by atoms with van der Waals surface area (Å²) >= 11 is 25.1. The Bertz CT molecular complexity index is 4170. The fourth-order valence-electron chi connectivity index (χ4n) is 5.93. The molecule has 4 aromatic carbocycles. The van der Waals surface area contributed by atoms with Crippen LogP contribution in [-0.2, 0) is 28.5 Å². The van der Waals surface area contributed by atoms with E-state index in [4.69, 9.17) is 61.8 Å². The Kier molecular flexibility index (Phi) is 28.2. The molecule has 0 radical (unpaired) electrons. The zero-order chi connectivity index (χ0) is 68.8. The molecule has 4 heterocycles. The number of ether oxygens (including phenoxy) is 6. The van der Waals surface area contributed by atoms with E-state index in [1.54, 1.807) is 116 Å². The fraction of sp³-hybridized carbons (Fsp3) is 0.383. The van der Waals surface area contributed by atoms with Gasteiger partial charge in [-0.1, -0.05) is 39.8 Å². The average Bonchev–Trinajstić information content (AvgIpc) is 0.877. The van der Waals surface area contributed by atoms with Gasteiger partial charge in [0.15, 0.2) is 46.0 Å². The standard InChI is InChI=1S/C18H21ClN2O4.C18H22N2O5.C10H10N2O3.C8H6N2O3.C5H9ClO.CH4.Cl3OP/c1-17(2,3)15(22)24-12-7-10-11(20-9-21-14(10)19)8-13(12)25-16(23)18(4,5)6;1-17(2,3)15(22)24-12-7-10-11(19-9-20-14(10)21)8-13(12)25-16(23)18(4,5)6;1-14-8-3-6-7(4-9(8)15-2)11-5-12-10(6)13;11-6-1-4-5(2-7(6)12)9-3-10-8(4)13;1-5(2,3)4(6)7;;1-5(2,3)4/h7-9H,1-6H3;7-9H,1-6H3,(H,19,20,21);3-5H,1-2H3,(H,11,12,13);1-3,11-12H,(H,9,10,13);1-3H3;1H4;. The lowest BCUT2D eigenvalue weighted by Gasteiger charge is -2.20. The van der Waals surface area contributed by atoms with Gasteiger partial charge >= 0.3 is 29.1 Å². The van der Waals surface area contributed by atoms with Crippen LogP contribution in [0, 0.1) is 27.1 Å². The maximum Gasteiger partial charge on any atom is 0.339 e. The van der Waals surface area contributed by atoms with Gasteiger partial charge in [0.1, 0.15) is 11.5 Å². The molecule has 0 aliphatic carbocycles. The number of nitrogens with zero attached hydrogens (tertiary/aromatic N) is 5. The Balaban J connectivity index is 0.000000397. The highest BCUT2D eigenvalue weighted by Gasteiger charge is 2.31. The fourth-order valence-corrected chi connectivity index (χ4v) is 6.12. The number of hydrogen-bond acceptors (Lipinski definition) is 22. The number of nitrogens with one attached hydrogen (secondary N) is 3. The lowest BCUT2D eigenvalue weighted by Crippen LogP contribution is -2.28. The maximum atomic E-state index is 12.3. The highest BCUT2D eigenvalue weighted by atomic mass is 36.0. The molecule has 8 aromatic rings. The topological polar surface area (TPSA) is 361 Å². The highest BCUT2D eigenvalue weighted by molar-refractivity contribution is 8.24. The number of halogens is 5. The minimum atomic E-state index is -3.22. The van der Waals surface area contributed by atoms with Crippen LogP contribution in [0.2, 0.25) is 5.15 Å². The van der Waals surface area contributed by atoms with Crippen LogP contribution in [0.1, 0.15) is 111 Å². The maximum absolute atomic E-state index is 12.3. The molecule has 0 aliphatic heterocycles. The van der Waals surface area contributed by atoms with Crippen molar-refractivity contribution in [1.29, 1.82) is 0 Å². The van der Waals surface area contributed by atoms with Gasteiger partial charge in [0.25, 0.3) is 16.7 Å². The van der Waals surface area contributed by atoms with Gasteiger partial charge in [0.05, 0.1) is 93.1 Å². The van der Waals surface area contributed by atoms with Crippen LogP contribution in [0.4, 0.5) is 0 Å². The molecule has 0 saturated heterocycles. The molecular weight excluding hydrogens is 1310 g/mol. The number of phenolic OH excluding ortho intramolecular Hbond substituents is 2. The van der Waals surface area contributed by atoms with E-state index < -0.39 is 50.7 Å². The van der Waals surface area contributed by atoms with Crippen molar-refractivity contribution in [2.45, 2.75) is 111 Å². The molecule has 4 aromatic heterocycles. The van der Waals surface area contributed by atoms with Crippen LogP contribution in [0.25, 0.3) is 43.6 Å². The summed E-state index contributed by atoms with van der Waals surface area (Å²) in [7, 11) is 3.06. The molecule has 494 valence electrons. The average molecular weight is 1390 g/mol. The Morgan fingerprint density at radius 3 is 1.00 bits per heavy atom. The van der Waals surface area contributed by atoms with Crippen molar-refractivity contribution >= 4 is 135 Å². The summed E-state index contributed by atoms with van der Waals surface area (Å²) in [6.45, 7) is 26.0. The van der Waals surface area contributed by atoms with Gasteiger partial charge in [-0.05, 0) is 153 Å². The quantitative estimate of drug-likeness (QED) is 0.0258. The smallest absolute Gasteiger partial charge is 0.339 e. The van der Waals surface area contributed by atoms with Gasteiger partial charge in [0.2, 0.25) is 5.24 Å². The van der Waals surface area contributed by atoms with Gasteiger partial charge in [-0.2, -0.15) is 0 Å². The van der Waals surface area contributed by atoms with Crippen LogP contribution in [0.5, 0.6) is 46.0 Å². The second-order valence-corrected chi connectivity index (χ2v) is 31.4. The number of carbonyl (C=O) groups is 5. The number of phenols is 2. The molecule has 0 fully saturated rings. The van der Waals surface area contributed by atoms with Crippen LogP contribution < -0.4 is 45.1 Å². The molecule has 8 rings (SSSR count). The van der Waals surface area contributed by atoms with E-state index in [9.17, 15) is 42.9 Å². The summed E-state index contributed by atoms with van der Waals surface area (Å²) in [5.74, 6) is -1.21. The van der Waals surface area contributed by atoms with Crippen LogP contribution >= 0.6 is 62.1 Å². The second-order valence-electron chi connectivity index (χ2n) is 24.1. The predicted octanol–water partition coefficient (Wildman–Crippen LogP) is 13.5. The Hall–Kier alpha value is -7.93. The summed E-state index contributed by atoms with van der Waals surface area (Å²) in [5.41, 5.74) is -2.52. The van der Waals surface area contributed by atoms with Gasteiger partial charge in [-0.25, -0.2) is 24.9 Å². The minimum Gasteiger partial charge on any atom is -0.504 e. The van der Waals surface area contributed by atoms with Crippen molar-refractivity contribution in [3.63, 3.8) is 0 Å². The predicted molar refractivity (Wildman–Crippen MR) is 351 cm³/mol. The third-order valence-electron chi connectivity index (χ3n) is 11.1. The van der Waals surface area contributed by atoms with Crippen molar-refractivity contribution in [2.24, 2.45) is 27.1 Å². The first-order valence-electron chi connectivity index (χ1n) is 26.4. The molecule has 0 atom stereocenters.